The zero-order valence-electron chi connectivity index (χ0n) is 23.7. The molecular formula is C24H30F9N5O6S. The molecule has 1 fully saturated rings. The molecule has 256 valence electrons. The van der Waals surface area contributed by atoms with Crippen molar-refractivity contribution >= 4 is 29.2 Å². The first-order valence-electron chi connectivity index (χ1n) is 12.6. The van der Waals surface area contributed by atoms with Crippen molar-refractivity contribution in [3.63, 3.8) is 0 Å². The number of piperazine rings is 1. The number of aliphatic carboxylic acids is 3. The normalized spacial score (nSPS) is 17.8. The number of likely N-dealkylation sites (N-methyl/N-ethyl adjacent to an activating group) is 1. The lowest BCUT2D eigenvalue weighted by atomic mass is 10.2. The summed E-state index contributed by atoms with van der Waals surface area (Å²) in [5.41, 5.74) is 2.81. The summed E-state index contributed by atoms with van der Waals surface area (Å²) in [5.74, 6) is -7.03. The summed E-state index contributed by atoms with van der Waals surface area (Å²) in [7, 11) is 2.21. The highest BCUT2D eigenvalue weighted by Gasteiger charge is 2.39. The maximum absolute atomic E-state index is 10.6. The lowest BCUT2D eigenvalue weighted by Gasteiger charge is -2.35. The summed E-state index contributed by atoms with van der Waals surface area (Å²) in [6.45, 7) is 11.2. The molecule has 1 atom stereocenters. The van der Waals surface area contributed by atoms with E-state index in [1.165, 1.54) is 30.2 Å². The number of halogens is 9. The van der Waals surface area contributed by atoms with E-state index in [-0.39, 0.29) is 0 Å². The van der Waals surface area contributed by atoms with Gasteiger partial charge in [0.2, 0.25) is 0 Å². The standard InChI is InChI=1S/C18H27N5S.3C2HF3O2/c1-15-18-19-11-17(13-21-6-4-20(2)5-7-21)23(18)9-8-22(15)12-16-3-10-24-14-16;3*3-2(4,5)1(6)7/h3,10-11,14-15H,4-9,12-13H2,1-2H3;3*(H,6,7). The van der Waals surface area contributed by atoms with Crippen molar-refractivity contribution in [1.29, 1.82) is 0 Å². The molecule has 0 saturated carbocycles. The Balaban J connectivity index is 0.000000396. The number of alkyl halides is 9. The second kappa shape index (κ2) is 16.8. The van der Waals surface area contributed by atoms with Gasteiger partial charge in [0.05, 0.1) is 11.7 Å². The smallest absolute Gasteiger partial charge is 0.475 e. The fourth-order valence-electron chi connectivity index (χ4n) is 3.80. The van der Waals surface area contributed by atoms with Crippen LogP contribution in [0.3, 0.4) is 0 Å². The van der Waals surface area contributed by atoms with E-state index in [4.69, 9.17) is 34.7 Å². The Morgan fingerprint density at radius 3 is 1.69 bits per heavy atom. The number of nitrogens with zero attached hydrogens (tertiary/aromatic N) is 5. The average molecular weight is 688 g/mol. The van der Waals surface area contributed by atoms with Crippen molar-refractivity contribution < 1.29 is 69.2 Å². The van der Waals surface area contributed by atoms with Crippen molar-refractivity contribution in [3.05, 3.63) is 40.1 Å². The monoisotopic (exact) mass is 687 g/mol. The molecule has 0 bridgehead atoms. The number of carboxylic acid groups (broad SMARTS) is 3. The van der Waals surface area contributed by atoms with Gasteiger partial charge in [0.15, 0.2) is 0 Å². The summed E-state index contributed by atoms with van der Waals surface area (Å²) >= 11 is 1.78. The molecule has 4 heterocycles. The van der Waals surface area contributed by atoms with Gasteiger partial charge in [0, 0.05) is 58.6 Å². The van der Waals surface area contributed by atoms with Gasteiger partial charge in [-0.1, -0.05) is 0 Å². The van der Waals surface area contributed by atoms with Crippen LogP contribution in [0.5, 0.6) is 0 Å². The Bertz CT molecular complexity index is 1170. The van der Waals surface area contributed by atoms with E-state index in [2.05, 4.69) is 56.3 Å². The van der Waals surface area contributed by atoms with Gasteiger partial charge in [-0.25, -0.2) is 19.4 Å². The van der Waals surface area contributed by atoms with Crippen molar-refractivity contribution in [2.75, 3.05) is 39.8 Å². The van der Waals surface area contributed by atoms with E-state index in [1.807, 2.05) is 0 Å². The number of carboxylic acids is 3. The maximum Gasteiger partial charge on any atom is 0.490 e. The molecule has 2 aromatic rings. The molecule has 0 aliphatic carbocycles. The average Bonchev–Trinajstić information content (AvgIpc) is 3.57. The van der Waals surface area contributed by atoms with Crippen LogP contribution < -0.4 is 0 Å². The Morgan fingerprint density at radius 1 is 0.822 bits per heavy atom. The van der Waals surface area contributed by atoms with E-state index in [9.17, 15) is 39.5 Å². The Labute approximate surface area is 254 Å². The van der Waals surface area contributed by atoms with Gasteiger partial charge in [-0.2, -0.15) is 50.9 Å². The summed E-state index contributed by atoms with van der Waals surface area (Å²) in [6.07, 6.45) is -13.1. The summed E-state index contributed by atoms with van der Waals surface area (Å²) < 4.78 is 97.7. The van der Waals surface area contributed by atoms with Crippen molar-refractivity contribution in [2.24, 2.45) is 0 Å². The van der Waals surface area contributed by atoms with Gasteiger partial charge in [0.25, 0.3) is 0 Å². The van der Waals surface area contributed by atoms with E-state index < -0.39 is 36.4 Å². The Morgan fingerprint density at radius 2 is 1.29 bits per heavy atom. The predicted molar refractivity (Wildman–Crippen MR) is 139 cm³/mol. The van der Waals surface area contributed by atoms with Crippen LogP contribution in [0.2, 0.25) is 0 Å². The van der Waals surface area contributed by atoms with Crippen LogP contribution in [-0.2, 0) is 34.0 Å². The van der Waals surface area contributed by atoms with Gasteiger partial charge in [-0.3, -0.25) is 9.80 Å². The molecule has 0 amide bonds. The highest BCUT2D eigenvalue weighted by atomic mass is 32.1. The second-order valence-electron chi connectivity index (χ2n) is 9.53. The molecule has 2 aliphatic rings. The summed E-state index contributed by atoms with van der Waals surface area (Å²) in [6, 6.07) is 2.62. The van der Waals surface area contributed by atoms with Crippen LogP contribution in [0.1, 0.15) is 30.0 Å². The minimum Gasteiger partial charge on any atom is -0.475 e. The molecule has 45 heavy (non-hydrogen) atoms. The van der Waals surface area contributed by atoms with Crippen LogP contribution in [0.4, 0.5) is 39.5 Å². The number of fused-ring (bicyclic) bond motifs is 1. The molecule has 1 saturated heterocycles. The molecule has 2 aliphatic heterocycles. The highest BCUT2D eigenvalue weighted by molar-refractivity contribution is 7.07. The second-order valence-corrected chi connectivity index (χ2v) is 10.3. The molecule has 21 heteroatoms. The van der Waals surface area contributed by atoms with Crippen LogP contribution in [-0.4, -0.2) is 116 Å². The first kappa shape index (κ1) is 39.6. The Hall–Kier alpha value is -3.43. The van der Waals surface area contributed by atoms with Gasteiger partial charge < -0.3 is 24.8 Å². The molecule has 4 rings (SSSR count). The third kappa shape index (κ3) is 14.0. The number of imidazole rings is 1. The van der Waals surface area contributed by atoms with Gasteiger partial charge >= 0.3 is 36.4 Å². The van der Waals surface area contributed by atoms with E-state index >= 15 is 0 Å². The lowest BCUT2D eigenvalue weighted by molar-refractivity contribution is -0.193. The van der Waals surface area contributed by atoms with Crippen molar-refractivity contribution in [3.8, 4) is 0 Å². The van der Waals surface area contributed by atoms with E-state index in [0.717, 1.165) is 39.3 Å². The number of rotatable bonds is 4. The van der Waals surface area contributed by atoms with Crippen LogP contribution in [0.15, 0.2) is 23.0 Å². The molecule has 0 radical (unpaired) electrons. The van der Waals surface area contributed by atoms with Crippen LogP contribution >= 0.6 is 11.3 Å². The third-order valence-electron chi connectivity index (χ3n) is 6.18. The molecule has 0 spiro atoms. The maximum atomic E-state index is 10.6. The Kier molecular flexibility index (Phi) is 14.7. The fraction of sp³-hybridized carbons (Fsp3) is 0.583. The number of hydrogen-bond acceptors (Lipinski definition) is 8. The van der Waals surface area contributed by atoms with Gasteiger partial charge in [0.1, 0.15) is 5.82 Å². The summed E-state index contributed by atoms with van der Waals surface area (Å²) in [5, 5.41) is 25.8. The number of aromatic nitrogens is 2. The summed E-state index contributed by atoms with van der Waals surface area (Å²) in [4.78, 5) is 39.0. The first-order chi connectivity index (χ1) is 20.5. The lowest BCUT2D eigenvalue weighted by Crippen LogP contribution is -2.44. The van der Waals surface area contributed by atoms with E-state index in [1.54, 1.807) is 11.3 Å². The highest BCUT2D eigenvalue weighted by Crippen LogP contribution is 2.28. The molecule has 0 aromatic carbocycles. The van der Waals surface area contributed by atoms with Crippen LogP contribution in [0, 0.1) is 0 Å². The number of hydrogen-bond donors (Lipinski definition) is 3. The fourth-order valence-corrected chi connectivity index (χ4v) is 4.46. The topological polar surface area (TPSA) is 139 Å². The van der Waals surface area contributed by atoms with Gasteiger partial charge in [-0.15, -0.1) is 0 Å². The minimum absolute atomic E-state index is 0.389. The number of carbonyl (C=O) groups is 3. The molecule has 2 aromatic heterocycles. The quantitative estimate of drug-likeness (QED) is 0.402. The zero-order valence-corrected chi connectivity index (χ0v) is 24.5. The SMILES string of the molecule is CC1c2ncc(CN3CCN(C)CC3)n2CCN1Cc1ccsc1.O=C(O)C(F)(F)F.O=C(O)C(F)(F)F.O=C(O)C(F)(F)F. The van der Waals surface area contributed by atoms with Crippen molar-refractivity contribution in [2.45, 2.75) is 51.1 Å². The molecule has 3 N–H and O–H groups in total. The van der Waals surface area contributed by atoms with E-state index in [0.29, 0.717) is 6.04 Å². The largest absolute Gasteiger partial charge is 0.490 e. The van der Waals surface area contributed by atoms with Crippen LogP contribution in [0.25, 0.3) is 0 Å². The molecule has 1 unspecified atom stereocenters. The van der Waals surface area contributed by atoms with Gasteiger partial charge in [-0.05, 0) is 36.4 Å². The van der Waals surface area contributed by atoms with Crippen molar-refractivity contribution in [1.82, 2.24) is 24.3 Å². The molecule has 11 nitrogen and oxygen atoms in total. The zero-order chi connectivity index (χ0) is 34.8. The first-order valence-corrected chi connectivity index (χ1v) is 13.6. The predicted octanol–water partition coefficient (Wildman–Crippen LogP) is 4.17. The molecular weight excluding hydrogens is 657 g/mol. The minimum atomic E-state index is -5.08. The third-order valence-corrected chi connectivity index (χ3v) is 6.91. The number of thiophene rings is 1.